The lowest BCUT2D eigenvalue weighted by molar-refractivity contribution is -0.150. The van der Waals surface area contributed by atoms with E-state index in [1.165, 1.54) is 18.3 Å². The Kier molecular flexibility index (Phi) is 7.95. The van der Waals surface area contributed by atoms with E-state index < -0.39 is 29.0 Å². The van der Waals surface area contributed by atoms with Crippen LogP contribution in [-0.2, 0) is 11.0 Å². The van der Waals surface area contributed by atoms with Crippen molar-refractivity contribution in [3.63, 3.8) is 0 Å². The summed E-state index contributed by atoms with van der Waals surface area (Å²) in [6, 6.07) is 6.11. The molecule has 1 aliphatic carbocycles. The van der Waals surface area contributed by atoms with Gasteiger partial charge in [-0.25, -0.2) is 15.0 Å². The minimum atomic E-state index is -4.59. The van der Waals surface area contributed by atoms with Crippen molar-refractivity contribution >= 4 is 40.6 Å². The normalized spacial score (nSPS) is 18.9. The van der Waals surface area contributed by atoms with Crippen molar-refractivity contribution in [2.75, 3.05) is 17.7 Å². The van der Waals surface area contributed by atoms with Crippen LogP contribution in [0.25, 0.3) is 16.8 Å². The summed E-state index contributed by atoms with van der Waals surface area (Å²) in [6.45, 7) is 3.73. The number of nitrogens with zero attached hydrogens (tertiary/aromatic N) is 4. The van der Waals surface area contributed by atoms with Crippen LogP contribution in [0.4, 0.5) is 24.8 Å². The van der Waals surface area contributed by atoms with Crippen LogP contribution in [0.3, 0.4) is 0 Å². The van der Waals surface area contributed by atoms with E-state index in [0.29, 0.717) is 48.3 Å². The lowest BCUT2D eigenvalue weighted by atomic mass is 9.71. The molecule has 0 aliphatic heterocycles. The number of nitrogens with two attached hydrogens (primary N) is 1. The van der Waals surface area contributed by atoms with Crippen LogP contribution in [0.15, 0.2) is 42.7 Å². The van der Waals surface area contributed by atoms with Gasteiger partial charge < -0.3 is 20.9 Å². The third-order valence-corrected chi connectivity index (χ3v) is 8.03. The highest BCUT2D eigenvalue weighted by molar-refractivity contribution is 6.30. The SMILES string of the molecule is CCOc1cc(C(=O)Nc2cc(C(F)(F)F)ccn2)ccc1-c1nc(C2CCC(C)(C(=O)O)CC2)n2c(Cl)cnc(N)c12. The Labute approximate surface area is 249 Å². The number of hydrogen-bond acceptors (Lipinski definition) is 7. The van der Waals surface area contributed by atoms with Crippen LogP contribution in [0, 0.1) is 5.41 Å². The molecule has 0 radical (unpaired) electrons. The van der Waals surface area contributed by atoms with Gasteiger partial charge in [0.15, 0.2) is 0 Å². The van der Waals surface area contributed by atoms with Gasteiger partial charge in [0, 0.05) is 23.2 Å². The summed E-state index contributed by atoms with van der Waals surface area (Å²) >= 11 is 6.59. The topological polar surface area (TPSA) is 145 Å². The highest BCUT2D eigenvalue weighted by atomic mass is 35.5. The fourth-order valence-electron chi connectivity index (χ4n) is 5.32. The number of imidazole rings is 1. The first-order valence-corrected chi connectivity index (χ1v) is 13.9. The first-order chi connectivity index (χ1) is 20.3. The standard InChI is InChI=1S/C29H28ClF3N6O4/c1-3-43-19-12-16(26(40)37-21-13-17(8-11-35-21)29(31,32)33)4-5-18(19)22-23-24(34)36-14-20(30)39(23)25(38-22)15-6-9-28(2,10-7-15)27(41)42/h4-5,8,11-15H,3,6-7,9-10H2,1-2H3,(H2,34,36)(H,41,42)(H,35,37,40). The zero-order valence-electron chi connectivity index (χ0n) is 23.2. The summed E-state index contributed by atoms with van der Waals surface area (Å²) in [6.07, 6.45) is -0.143. The molecular weight excluding hydrogens is 589 g/mol. The van der Waals surface area contributed by atoms with Crippen molar-refractivity contribution < 1.29 is 32.6 Å². The van der Waals surface area contributed by atoms with E-state index in [1.807, 2.05) is 0 Å². The minimum Gasteiger partial charge on any atom is -0.493 e. The smallest absolute Gasteiger partial charge is 0.416 e. The average molecular weight is 617 g/mol. The Balaban J connectivity index is 1.53. The Morgan fingerprint density at radius 2 is 1.93 bits per heavy atom. The molecule has 1 aliphatic rings. The molecule has 4 aromatic rings. The Morgan fingerprint density at radius 1 is 1.21 bits per heavy atom. The Bertz CT molecular complexity index is 1720. The van der Waals surface area contributed by atoms with E-state index in [9.17, 15) is 27.9 Å². The third kappa shape index (κ3) is 5.81. The number of rotatable bonds is 7. The quantitative estimate of drug-likeness (QED) is 0.215. The number of alkyl halides is 3. The maximum absolute atomic E-state index is 13.1. The number of carbonyl (C=O) groups excluding carboxylic acids is 1. The van der Waals surface area contributed by atoms with E-state index in [2.05, 4.69) is 15.3 Å². The van der Waals surface area contributed by atoms with Gasteiger partial charge in [0.2, 0.25) is 0 Å². The van der Waals surface area contributed by atoms with Gasteiger partial charge >= 0.3 is 12.1 Å². The molecular formula is C29H28ClF3N6O4. The number of hydrogen-bond donors (Lipinski definition) is 3. The van der Waals surface area contributed by atoms with Crippen molar-refractivity contribution in [3.8, 4) is 17.0 Å². The predicted molar refractivity (Wildman–Crippen MR) is 153 cm³/mol. The fourth-order valence-corrected chi connectivity index (χ4v) is 5.54. The van der Waals surface area contributed by atoms with Crippen molar-refractivity contribution in [3.05, 3.63) is 64.8 Å². The van der Waals surface area contributed by atoms with Crippen LogP contribution in [0.1, 0.15) is 67.2 Å². The van der Waals surface area contributed by atoms with Gasteiger partial charge in [-0.15, -0.1) is 0 Å². The van der Waals surface area contributed by atoms with Gasteiger partial charge in [-0.3, -0.25) is 14.0 Å². The maximum atomic E-state index is 13.1. The minimum absolute atomic E-state index is 0.103. The van der Waals surface area contributed by atoms with Gasteiger partial charge in [-0.1, -0.05) is 11.6 Å². The summed E-state index contributed by atoms with van der Waals surface area (Å²) in [5.41, 5.74) is 5.99. The molecule has 3 heterocycles. The van der Waals surface area contributed by atoms with Gasteiger partial charge in [0.25, 0.3) is 5.91 Å². The van der Waals surface area contributed by atoms with Crippen LogP contribution < -0.4 is 15.8 Å². The second-order valence-electron chi connectivity index (χ2n) is 10.6. The van der Waals surface area contributed by atoms with E-state index in [4.69, 9.17) is 27.1 Å². The summed E-state index contributed by atoms with van der Waals surface area (Å²) in [4.78, 5) is 37.8. The molecule has 0 unspecified atom stereocenters. The summed E-state index contributed by atoms with van der Waals surface area (Å²) in [5.74, 6) is -0.844. The highest BCUT2D eigenvalue weighted by Crippen LogP contribution is 2.45. The zero-order valence-corrected chi connectivity index (χ0v) is 24.0. The number of benzene rings is 1. The van der Waals surface area contributed by atoms with Crippen LogP contribution in [0.2, 0.25) is 5.15 Å². The predicted octanol–water partition coefficient (Wildman–Crippen LogP) is 6.45. The number of pyridine rings is 1. The first-order valence-electron chi connectivity index (χ1n) is 13.5. The number of nitrogen functional groups attached to an aromatic ring is 1. The number of aromatic nitrogens is 4. The van der Waals surface area contributed by atoms with Crippen molar-refractivity contribution in [1.29, 1.82) is 0 Å². The van der Waals surface area contributed by atoms with E-state index in [0.717, 1.165) is 18.3 Å². The third-order valence-electron chi connectivity index (χ3n) is 7.77. The zero-order chi connectivity index (χ0) is 31.1. The van der Waals surface area contributed by atoms with Crippen LogP contribution in [0.5, 0.6) is 5.75 Å². The number of carboxylic acids is 1. The number of nitrogens with one attached hydrogen (secondary N) is 1. The number of halogens is 4. The Morgan fingerprint density at radius 3 is 2.58 bits per heavy atom. The molecule has 1 fully saturated rings. The molecule has 0 bridgehead atoms. The number of amides is 1. The molecule has 1 saturated carbocycles. The number of carbonyl (C=O) groups is 2. The first kappa shape index (κ1) is 30.1. The van der Waals surface area contributed by atoms with Crippen LogP contribution >= 0.6 is 11.6 Å². The van der Waals surface area contributed by atoms with Crippen molar-refractivity contribution in [1.82, 2.24) is 19.4 Å². The molecule has 0 spiro atoms. The summed E-state index contributed by atoms with van der Waals surface area (Å²) < 4.78 is 46.9. The number of aliphatic carboxylic acids is 1. The monoisotopic (exact) mass is 616 g/mol. The molecule has 0 atom stereocenters. The molecule has 1 amide bonds. The lowest BCUT2D eigenvalue weighted by Gasteiger charge is -2.33. The molecule has 4 N–H and O–H groups in total. The molecule has 10 nitrogen and oxygen atoms in total. The second kappa shape index (κ2) is 11.4. The number of fused-ring (bicyclic) bond motifs is 1. The van der Waals surface area contributed by atoms with Gasteiger partial charge in [-0.2, -0.15) is 13.2 Å². The largest absolute Gasteiger partial charge is 0.493 e. The van der Waals surface area contributed by atoms with E-state index in [1.54, 1.807) is 24.3 Å². The fraction of sp³-hybridized carbons (Fsp3) is 0.345. The van der Waals surface area contributed by atoms with Gasteiger partial charge in [-0.05, 0) is 69.9 Å². The number of anilines is 2. The summed E-state index contributed by atoms with van der Waals surface area (Å²) in [7, 11) is 0. The highest BCUT2D eigenvalue weighted by Gasteiger charge is 2.39. The van der Waals surface area contributed by atoms with Crippen molar-refractivity contribution in [2.24, 2.45) is 5.41 Å². The second-order valence-corrected chi connectivity index (χ2v) is 11.0. The molecule has 226 valence electrons. The lowest BCUT2D eigenvalue weighted by Crippen LogP contribution is -2.32. The number of ether oxygens (including phenoxy) is 1. The summed E-state index contributed by atoms with van der Waals surface area (Å²) in [5, 5.41) is 12.3. The molecule has 43 heavy (non-hydrogen) atoms. The van der Waals surface area contributed by atoms with E-state index >= 15 is 0 Å². The average Bonchev–Trinajstić information content (AvgIpc) is 3.37. The molecule has 3 aromatic heterocycles. The maximum Gasteiger partial charge on any atom is 0.416 e. The Hall–Kier alpha value is -4.39. The van der Waals surface area contributed by atoms with Crippen molar-refractivity contribution in [2.45, 2.75) is 51.6 Å². The number of carboxylic acid groups (broad SMARTS) is 1. The molecule has 1 aromatic carbocycles. The molecule has 5 rings (SSSR count). The molecule has 14 heteroatoms. The van der Waals surface area contributed by atoms with Crippen LogP contribution in [-0.4, -0.2) is 42.9 Å². The van der Waals surface area contributed by atoms with E-state index in [-0.39, 0.29) is 40.6 Å². The molecule has 0 saturated heterocycles. The van der Waals surface area contributed by atoms with Gasteiger partial charge in [0.05, 0.1) is 23.8 Å². The van der Waals surface area contributed by atoms with Gasteiger partial charge in [0.1, 0.15) is 39.6 Å².